The van der Waals surface area contributed by atoms with Gasteiger partial charge in [-0.25, -0.2) is 4.79 Å². The number of carbonyl (C=O) groups excluding carboxylic acids is 3. The van der Waals surface area contributed by atoms with Crippen LogP contribution in [0.25, 0.3) is 0 Å². The molecule has 1 atom stereocenters. The molecular weight excluding hydrogens is 430 g/mol. The molecule has 0 bridgehead atoms. The van der Waals surface area contributed by atoms with E-state index in [0.29, 0.717) is 16.8 Å². The summed E-state index contributed by atoms with van der Waals surface area (Å²) in [6, 6.07) is 18.6. The lowest BCUT2D eigenvalue weighted by atomic mass is 9.99. The molecule has 0 aliphatic carbocycles. The van der Waals surface area contributed by atoms with Gasteiger partial charge in [-0.15, -0.1) is 0 Å². The number of esters is 1. The van der Waals surface area contributed by atoms with Crippen LogP contribution >= 0.6 is 11.6 Å². The fraction of sp³-hybridized carbons (Fsp3) is 0.160. The van der Waals surface area contributed by atoms with Crippen LogP contribution in [-0.4, -0.2) is 24.8 Å². The van der Waals surface area contributed by atoms with Crippen molar-refractivity contribution in [1.82, 2.24) is 0 Å². The molecule has 0 fully saturated rings. The van der Waals surface area contributed by atoms with Crippen molar-refractivity contribution in [2.24, 2.45) is 0 Å². The summed E-state index contributed by atoms with van der Waals surface area (Å²) in [6.07, 6.45) is -1.16. The van der Waals surface area contributed by atoms with E-state index in [1.807, 2.05) is 25.1 Å². The molecule has 0 heterocycles. The number of nitrogens with one attached hydrogen (secondary N) is 1. The Bertz CT molecular complexity index is 1140. The summed E-state index contributed by atoms with van der Waals surface area (Å²) in [6.45, 7) is 3.26. The van der Waals surface area contributed by atoms with Crippen molar-refractivity contribution in [3.05, 3.63) is 94.0 Å². The van der Waals surface area contributed by atoms with Gasteiger partial charge in [0.1, 0.15) is 11.3 Å². The monoisotopic (exact) mass is 451 g/mol. The van der Waals surface area contributed by atoms with E-state index >= 15 is 0 Å². The summed E-state index contributed by atoms with van der Waals surface area (Å²) in [5.74, 6) is -1.31. The van der Waals surface area contributed by atoms with Crippen LogP contribution in [0.15, 0.2) is 66.7 Å². The molecule has 3 aromatic rings. The zero-order valence-corrected chi connectivity index (χ0v) is 18.6. The zero-order valence-electron chi connectivity index (χ0n) is 17.8. The highest BCUT2D eigenvalue weighted by Crippen LogP contribution is 2.33. The molecule has 6 nitrogen and oxygen atoms in total. The number of hydrogen-bond acceptors (Lipinski definition) is 5. The summed E-state index contributed by atoms with van der Waals surface area (Å²) in [4.78, 5) is 37.7. The maximum atomic E-state index is 13.2. The molecule has 7 heteroatoms. The molecule has 164 valence electrons. The lowest BCUT2D eigenvalue weighted by molar-refractivity contribution is -0.114. The van der Waals surface area contributed by atoms with Crippen LogP contribution in [0.4, 0.5) is 5.69 Å². The molecule has 0 radical (unpaired) electrons. The number of ketones is 1. The number of anilines is 1. The molecule has 0 aliphatic rings. The highest BCUT2D eigenvalue weighted by Gasteiger charge is 2.28. The summed E-state index contributed by atoms with van der Waals surface area (Å²) in [7, 11) is 1.38. The Morgan fingerprint density at radius 2 is 1.62 bits per heavy atom. The van der Waals surface area contributed by atoms with Gasteiger partial charge in [0.15, 0.2) is 6.10 Å². The minimum Gasteiger partial charge on any atom is -0.496 e. The average Bonchev–Trinajstić information content (AvgIpc) is 2.78. The van der Waals surface area contributed by atoms with Crippen LogP contribution in [0.3, 0.4) is 0 Å². The molecule has 0 saturated heterocycles. The second kappa shape index (κ2) is 10.1. The molecule has 0 spiro atoms. The number of aryl methyl sites for hydroxylation is 1. The maximum Gasteiger partial charge on any atom is 0.343 e. The normalized spacial score (nSPS) is 11.4. The topological polar surface area (TPSA) is 81.7 Å². The molecule has 0 unspecified atom stereocenters. The number of hydrogen-bond donors (Lipinski definition) is 1. The van der Waals surface area contributed by atoms with E-state index in [1.165, 1.54) is 26.2 Å². The van der Waals surface area contributed by atoms with Crippen LogP contribution in [0, 0.1) is 6.92 Å². The molecule has 3 aromatic carbocycles. The summed E-state index contributed by atoms with van der Waals surface area (Å²) >= 11 is 6.23. The van der Waals surface area contributed by atoms with E-state index in [-0.39, 0.29) is 28.0 Å². The molecule has 3 rings (SSSR count). The lowest BCUT2D eigenvalue weighted by Crippen LogP contribution is -2.21. The van der Waals surface area contributed by atoms with Gasteiger partial charge in [-0.2, -0.15) is 0 Å². The Kier molecular flexibility index (Phi) is 7.28. The van der Waals surface area contributed by atoms with Crippen LogP contribution in [0.1, 0.15) is 44.9 Å². The number of amides is 1. The second-order valence-corrected chi connectivity index (χ2v) is 7.55. The molecule has 0 aromatic heterocycles. The quantitative estimate of drug-likeness (QED) is 0.384. The Labute approximate surface area is 191 Å². The van der Waals surface area contributed by atoms with Crippen molar-refractivity contribution in [2.75, 3.05) is 12.4 Å². The number of methoxy groups -OCH3 is 1. The highest BCUT2D eigenvalue weighted by atomic mass is 35.5. The fourth-order valence-electron chi connectivity index (χ4n) is 3.11. The number of Topliss-reactive ketones (excluding diaryl/α,β-unsaturated/α-hetero) is 1. The number of carbonyl (C=O) groups is 3. The SMILES string of the molecule is COc1cc(NC(C)=O)c(Cl)cc1C(=O)O[C@H](C(=O)c1ccc(C)cc1)c1ccccc1. The van der Waals surface area contributed by atoms with Crippen molar-refractivity contribution in [2.45, 2.75) is 20.0 Å². The van der Waals surface area contributed by atoms with E-state index in [0.717, 1.165) is 5.56 Å². The minimum absolute atomic E-state index is 0.0317. The van der Waals surface area contributed by atoms with Crippen LogP contribution in [0.5, 0.6) is 5.75 Å². The first kappa shape index (κ1) is 23.0. The Balaban J connectivity index is 1.97. The fourth-order valence-corrected chi connectivity index (χ4v) is 3.32. The third-order valence-corrected chi connectivity index (χ3v) is 5.03. The Morgan fingerprint density at radius 3 is 2.22 bits per heavy atom. The Morgan fingerprint density at radius 1 is 0.969 bits per heavy atom. The van der Waals surface area contributed by atoms with Gasteiger partial charge in [-0.3, -0.25) is 9.59 Å². The molecule has 1 amide bonds. The number of halogens is 1. The van der Waals surface area contributed by atoms with Crippen LogP contribution in [0.2, 0.25) is 5.02 Å². The summed E-state index contributed by atoms with van der Waals surface area (Å²) < 4.78 is 11.0. The van der Waals surface area contributed by atoms with Gasteiger partial charge >= 0.3 is 5.97 Å². The summed E-state index contributed by atoms with van der Waals surface area (Å²) in [5.41, 5.74) is 2.29. The van der Waals surface area contributed by atoms with Gasteiger partial charge in [-0.05, 0) is 13.0 Å². The smallest absolute Gasteiger partial charge is 0.343 e. The van der Waals surface area contributed by atoms with Crippen LogP contribution < -0.4 is 10.1 Å². The van der Waals surface area contributed by atoms with E-state index < -0.39 is 12.1 Å². The van der Waals surface area contributed by atoms with Crippen molar-refractivity contribution < 1.29 is 23.9 Å². The van der Waals surface area contributed by atoms with Crippen molar-refractivity contribution in [3.63, 3.8) is 0 Å². The van der Waals surface area contributed by atoms with Gasteiger partial charge in [0.25, 0.3) is 0 Å². The highest BCUT2D eigenvalue weighted by molar-refractivity contribution is 6.34. The number of ether oxygens (including phenoxy) is 2. The van der Waals surface area contributed by atoms with Crippen molar-refractivity contribution >= 4 is 34.9 Å². The predicted octanol–water partition coefficient (Wildman–Crippen LogP) is 5.40. The predicted molar refractivity (Wildman–Crippen MR) is 122 cm³/mol. The van der Waals surface area contributed by atoms with Gasteiger partial charge in [0.05, 0.1) is 17.8 Å². The molecule has 1 N–H and O–H groups in total. The maximum absolute atomic E-state index is 13.2. The zero-order chi connectivity index (χ0) is 23.3. The van der Waals surface area contributed by atoms with Gasteiger partial charge in [0.2, 0.25) is 11.7 Å². The summed E-state index contributed by atoms with van der Waals surface area (Å²) in [5, 5.41) is 2.70. The number of rotatable bonds is 7. The lowest BCUT2D eigenvalue weighted by Gasteiger charge is -2.19. The molecule has 0 saturated carbocycles. The third-order valence-electron chi connectivity index (χ3n) is 4.72. The van der Waals surface area contributed by atoms with Crippen molar-refractivity contribution in [1.29, 1.82) is 0 Å². The molecule has 0 aliphatic heterocycles. The first-order chi connectivity index (χ1) is 15.3. The Hall–Kier alpha value is -3.64. The van der Waals surface area contributed by atoms with E-state index in [2.05, 4.69) is 5.32 Å². The van der Waals surface area contributed by atoms with Crippen molar-refractivity contribution in [3.8, 4) is 5.75 Å². The first-order valence-corrected chi connectivity index (χ1v) is 10.2. The van der Waals surface area contributed by atoms with E-state index in [4.69, 9.17) is 21.1 Å². The molecule has 32 heavy (non-hydrogen) atoms. The van der Waals surface area contributed by atoms with Gasteiger partial charge in [0, 0.05) is 24.1 Å². The standard InChI is InChI=1S/C25H22ClNO5/c1-15-9-11-17(12-10-15)23(29)24(18-7-5-4-6-8-18)32-25(30)19-13-20(26)21(27-16(2)28)14-22(19)31-3/h4-14,24H,1-3H3,(H,27,28)/t24-/m0/s1. The number of benzene rings is 3. The second-order valence-electron chi connectivity index (χ2n) is 7.14. The first-order valence-electron chi connectivity index (χ1n) is 9.82. The molecular formula is C25H22ClNO5. The largest absolute Gasteiger partial charge is 0.496 e. The van der Waals surface area contributed by atoms with Gasteiger partial charge in [-0.1, -0.05) is 71.8 Å². The van der Waals surface area contributed by atoms with Gasteiger partial charge < -0.3 is 14.8 Å². The van der Waals surface area contributed by atoms with E-state index in [9.17, 15) is 14.4 Å². The third kappa shape index (κ3) is 5.34. The average molecular weight is 452 g/mol. The minimum atomic E-state index is -1.16. The van der Waals surface area contributed by atoms with E-state index in [1.54, 1.807) is 36.4 Å². The van der Waals surface area contributed by atoms with Crippen LogP contribution in [-0.2, 0) is 9.53 Å².